The molecule has 0 bridgehead atoms. The van der Waals surface area contributed by atoms with E-state index in [1.807, 2.05) is 4.83 Å². The van der Waals surface area contributed by atoms with Gasteiger partial charge >= 0.3 is 12.4 Å². The second-order valence-electron chi connectivity index (χ2n) is 8.19. The molecular formula is C26H18F5N3O5S2. The number of rotatable bonds is 8. The molecule has 0 radical (unpaired) electrons. The Balaban J connectivity index is 1.67. The van der Waals surface area contributed by atoms with Crippen molar-refractivity contribution in [2.75, 3.05) is 5.01 Å². The number of sulfonamides is 1. The number of benzene rings is 4. The van der Waals surface area contributed by atoms with Crippen LogP contribution in [0.25, 0.3) is 11.1 Å². The lowest BCUT2D eigenvalue weighted by molar-refractivity contribution is -0.274. The molecule has 4 rings (SSSR count). The number of amides is 2. The molecule has 0 heterocycles. The van der Waals surface area contributed by atoms with Gasteiger partial charge in [0.1, 0.15) is 28.8 Å². The van der Waals surface area contributed by atoms with Gasteiger partial charge in [0.05, 0.1) is 4.90 Å². The van der Waals surface area contributed by atoms with Gasteiger partial charge < -0.3 is 15.6 Å². The molecule has 4 aromatic rings. The molecule has 0 fully saturated rings. The summed E-state index contributed by atoms with van der Waals surface area (Å²) < 4.78 is 94.1. The predicted molar refractivity (Wildman–Crippen MR) is 140 cm³/mol. The van der Waals surface area contributed by atoms with E-state index in [0.29, 0.717) is 44.1 Å². The third kappa shape index (κ3) is 7.45. The zero-order chi connectivity index (χ0) is 29.9. The van der Waals surface area contributed by atoms with Gasteiger partial charge in [-0.3, -0.25) is 0 Å². The summed E-state index contributed by atoms with van der Waals surface area (Å²) >= 11 is 1.18. The van der Waals surface area contributed by atoms with E-state index < -0.39 is 56.1 Å². The summed E-state index contributed by atoms with van der Waals surface area (Å²) in [6.45, 7) is 0. The Morgan fingerprint density at radius 1 is 0.927 bits per heavy atom. The Bertz CT molecular complexity index is 1680. The van der Waals surface area contributed by atoms with Gasteiger partial charge in [-0.2, -0.15) is 0 Å². The lowest BCUT2D eigenvalue weighted by Crippen LogP contribution is -2.49. The van der Waals surface area contributed by atoms with Crippen LogP contribution >= 0.6 is 11.8 Å². The SMILES string of the molecule is NC(=O)N(NS(=O)(=O)c1cc(F)cc(F)c1)c1cc(-c2ccccc2Sc2ccc(OC(F)(F)F)cc2)ccc1O. The molecule has 0 aromatic heterocycles. The first-order valence-corrected chi connectivity index (χ1v) is 13.6. The van der Waals surface area contributed by atoms with Crippen LogP contribution in [-0.4, -0.2) is 25.9 Å². The zero-order valence-corrected chi connectivity index (χ0v) is 22.0. The minimum Gasteiger partial charge on any atom is -0.506 e. The Labute approximate surface area is 234 Å². The number of carbonyl (C=O) groups is 1. The van der Waals surface area contributed by atoms with Gasteiger partial charge in [-0.05, 0) is 65.7 Å². The van der Waals surface area contributed by atoms with Gasteiger partial charge in [0, 0.05) is 15.9 Å². The molecule has 0 unspecified atom stereocenters. The monoisotopic (exact) mass is 611 g/mol. The van der Waals surface area contributed by atoms with Crippen molar-refractivity contribution in [3.8, 4) is 22.6 Å². The first kappa shape index (κ1) is 29.6. The zero-order valence-electron chi connectivity index (χ0n) is 20.4. The number of hydrazine groups is 1. The Morgan fingerprint density at radius 2 is 1.56 bits per heavy atom. The molecule has 0 saturated heterocycles. The van der Waals surface area contributed by atoms with E-state index in [1.165, 1.54) is 42.1 Å². The van der Waals surface area contributed by atoms with Crippen LogP contribution in [0.15, 0.2) is 99.6 Å². The van der Waals surface area contributed by atoms with Gasteiger partial charge in [0.2, 0.25) is 0 Å². The number of nitrogens with two attached hydrogens (primary N) is 1. The third-order valence-corrected chi connectivity index (χ3v) is 7.64. The van der Waals surface area contributed by atoms with Crippen LogP contribution in [0.5, 0.6) is 11.5 Å². The first-order chi connectivity index (χ1) is 19.2. The lowest BCUT2D eigenvalue weighted by atomic mass is 10.0. The number of nitrogens with zero attached hydrogens (tertiary/aromatic N) is 1. The number of alkyl halides is 3. The fourth-order valence-electron chi connectivity index (χ4n) is 3.57. The van der Waals surface area contributed by atoms with E-state index >= 15 is 0 Å². The van der Waals surface area contributed by atoms with Crippen molar-refractivity contribution in [1.29, 1.82) is 0 Å². The van der Waals surface area contributed by atoms with E-state index in [4.69, 9.17) is 5.73 Å². The van der Waals surface area contributed by atoms with Crippen LogP contribution < -0.4 is 20.3 Å². The fraction of sp³-hybridized carbons (Fsp3) is 0.0385. The molecule has 0 aliphatic carbocycles. The molecule has 214 valence electrons. The minimum atomic E-state index is -4.84. The van der Waals surface area contributed by atoms with Gasteiger partial charge in [0.25, 0.3) is 10.0 Å². The summed E-state index contributed by atoms with van der Waals surface area (Å²) in [5.74, 6) is -3.32. The molecular weight excluding hydrogens is 593 g/mol. The lowest BCUT2D eigenvalue weighted by Gasteiger charge is -2.23. The summed E-state index contributed by atoms with van der Waals surface area (Å²) in [7, 11) is -4.76. The molecule has 0 aliphatic rings. The van der Waals surface area contributed by atoms with Gasteiger partial charge in [-0.15, -0.1) is 18.0 Å². The summed E-state index contributed by atoms with van der Waals surface area (Å²) in [5, 5.41) is 10.8. The van der Waals surface area contributed by atoms with E-state index in [0.717, 1.165) is 12.1 Å². The number of carbonyl (C=O) groups excluding carboxylic acids is 1. The van der Waals surface area contributed by atoms with Crippen molar-refractivity contribution in [1.82, 2.24) is 4.83 Å². The van der Waals surface area contributed by atoms with E-state index in [9.17, 15) is 40.3 Å². The number of primary amides is 1. The highest BCUT2D eigenvalue weighted by Gasteiger charge is 2.31. The maximum atomic E-state index is 13.6. The average Bonchev–Trinajstić information content (AvgIpc) is 2.88. The number of nitrogens with one attached hydrogen (secondary N) is 1. The van der Waals surface area contributed by atoms with Crippen molar-refractivity contribution in [3.05, 3.63) is 96.6 Å². The van der Waals surface area contributed by atoms with Crippen molar-refractivity contribution in [2.24, 2.45) is 5.73 Å². The molecule has 2 amide bonds. The highest BCUT2D eigenvalue weighted by Crippen LogP contribution is 2.39. The molecule has 4 aromatic carbocycles. The van der Waals surface area contributed by atoms with Crippen LogP contribution in [-0.2, 0) is 10.0 Å². The van der Waals surface area contributed by atoms with E-state index in [1.54, 1.807) is 24.3 Å². The van der Waals surface area contributed by atoms with Crippen LogP contribution in [0.1, 0.15) is 0 Å². The third-order valence-electron chi connectivity index (χ3n) is 5.28. The van der Waals surface area contributed by atoms with Crippen molar-refractivity contribution >= 4 is 33.5 Å². The number of hydrogen-bond donors (Lipinski definition) is 3. The standard InChI is InChI=1S/C26H18F5N3O5S2/c27-16-12-17(28)14-20(13-16)41(37,38)33-34(25(32)36)22-11-15(5-10-23(22)35)21-3-1-2-4-24(21)40-19-8-6-18(7-9-19)39-26(29,30)31/h1-14,33,35H,(H2,32,36). The summed E-state index contributed by atoms with van der Waals surface area (Å²) in [6, 6.07) is 15.9. The quantitative estimate of drug-likeness (QED) is 0.162. The second kappa shape index (κ2) is 11.6. The highest BCUT2D eigenvalue weighted by atomic mass is 32.2. The highest BCUT2D eigenvalue weighted by molar-refractivity contribution is 7.99. The summed E-state index contributed by atoms with van der Waals surface area (Å²) in [6.07, 6.45) is -4.84. The number of phenolic OH excluding ortho intramolecular Hbond substituents is 1. The maximum Gasteiger partial charge on any atom is 0.573 e. The fourth-order valence-corrected chi connectivity index (χ4v) is 5.61. The number of phenols is 1. The van der Waals surface area contributed by atoms with Crippen LogP contribution in [0.2, 0.25) is 0 Å². The number of aromatic hydroxyl groups is 1. The number of urea groups is 1. The molecule has 15 heteroatoms. The Kier molecular flexibility index (Phi) is 8.42. The van der Waals surface area contributed by atoms with Crippen molar-refractivity contribution in [3.63, 3.8) is 0 Å². The van der Waals surface area contributed by atoms with Crippen LogP contribution in [0.4, 0.5) is 32.4 Å². The molecule has 0 atom stereocenters. The summed E-state index contributed by atoms with van der Waals surface area (Å²) in [4.78, 5) is 14.4. The normalized spacial score (nSPS) is 11.7. The van der Waals surface area contributed by atoms with Gasteiger partial charge in [-0.25, -0.2) is 27.0 Å². The van der Waals surface area contributed by atoms with E-state index in [2.05, 4.69) is 4.74 Å². The van der Waals surface area contributed by atoms with Gasteiger partial charge in [-0.1, -0.05) is 36.0 Å². The molecule has 41 heavy (non-hydrogen) atoms. The maximum absolute atomic E-state index is 13.6. The smallest absolute Gasteiger partial charge is 0.506 e. The second-order valence-corrected chi connectivity index (χ2v) is 11.0. The van der Waals surface area contributed by atoms with E-state index in [-0.39, 0.29) is 0 Å². The molecule has 8 nitrogen and oxygen atoms in total. The van der Waals surface area contributed by atoms with Crippen LogP contribution in [0.3, 0.4) is 0 Å². The topological polar surface area (TPSA) is 122 Å². The average molecular weight is 612 g/mol. The number of halogens is 5. The largest absolute Gasteiger partial charge is 0.573 e. The molecule has 4 N–H and O–H groups in total. The van der Waals surface area contributed by atoms with Crippen molar-refractivity contribution in [2.45, 2.75) is 21.0 Å². The summed E-state index contributed by atoms with van der Waals surface area (Å²) in [5.41, 5.74) is 5.88. The van der Waals surface area contributed by atoms with Crippen molar-refractivity contribution < 1.29 is 45.0 Å². The van der Waals surface area contributed by atoms with Gasteiger partial charge in [0.15, 0.2) is 0 Å². The Hall–Kier alpha value is -4.34. The first-order valence-electron chi connectivity index (χ1n) is 11.3. The number of anilines is 1. The van der Waals surface area contributed by atoms with Crippen LogP contribution in [0, 0.1) is 11.6 Å². The number of ether oxygens (including phenoxy) is 1. The minimum absolute atomic E-state index is 0.298. The molecule has 0 aliphatic heterocycles. The number of hydrogen-bond acceptors (Lipinski definition) is 6. The predicted octanol–water partition coefficient (Wildman–Crippen LogP) is 6.17. The molecule has 0 saturated carbocycles. The Morgan fingerprint density at radius 3 is 2.17 bits per heavy atom. The molecule has 0 spiro atoms.